The van der Waals surface area contributed by atoms with Gasteiger partial charge in [0.1, 0.15) is 11.6 Å². The molecule has 1 heterocycles. The second-order valence-electron chi connectivity index (χ2n) is 3.76. The number of carbonyl (C=O) groups excluding carboxylic acids is 1. The number of aromatic nitrogens is 2. The fraction of sp³-hybridized carbons (Fsp3) is 0.250. The molecule has 0 saturated carbocycles. The van der Waals surface area contributed by atoms with Crippen molar-refractivity contribution in [3.63, 3.8) is 0 Å². The molecule has 2 aromatic rings. The van der Waals surface area contributed by atoms with Gasteiger partial charge in [-0.1, -0.05) is 36.1 Å². The topological polar surface area (TPSA) is 54.9 Å². The summed E-state index contributed by atoms with van der Waals surface area (Å²) in [5.41, 5.74) is 0.00634. The quantitative estimate of drug-likeness (QED) is 0.678. The van der Waals surface area contributed by atoms with Crippen molar-refractivity contribution in [1.82, 2.24) is 10.2 Å². The minimum Gasteiger partial charge on any atom is -0.301 e. The zero-order valence-corrected chi connectivity index (χ0v) is 12.2. The van der Waals surface area contributed by atoms with E-state index >= 15 is 0 Å². The van der Waals surface area contributed by atoms with E-state index in [0.717, 1.165) is 0 Å². The molecule has 4 nitrogen and oxygen atoms in total. The molecule has 0 unspecified atom stereocenters. The van der Waals surface area contributed by atoms with Crippen LogP contribution in [-0.4, -0.2) is 16.1 Å². The number of nitrogens with one attached hydrogen (secondary N) is 1. The predicted molar refractivity (Wildman–Crippen MR) is 74.7 cm³/mol. The molecule has 2 rings (SSSR count). The molecule has 1 N–H and O–H groups in total. The first-order valence-corrected chi connectivity index (χ1v) is 7.59. The van der Waals surface area contributed by atoms with Crippen LogP contribution in [0.2, 0.25) is 0 Å². The molecule has 1 amide bonds. The Hall–Kier alpha value is -1.54. The van der Waals surface area contributed by atoms with E-state index < -0.39 is 11.6 Å². The molecule has 1 aromatic carbocycles. The number of thioether (sulfide) groups is 1. The van der Waals surface area contributed by atoms with E-state index in [9.17, 15) is 13.6 Å². The second-order valence-corrected chi connectivity index (χ2v) is 5.96. The van der Waals surface area contributed by atoms with Crippen LogP contribution in [0.3, 0.4) is 0 Å². The van der Waals surface area contributed by atoms with Crippen LogP contribution in [0.25, 0.3) is 0 Å². The monoisotopic (exact) mass is 315 g/mol. The maximum Gasteiger partial charge on any atom is 0.225 e. The molecule has 0 radical (unpaired) electrons. The lowest BCUT2D eigenvalue weighted by molar-refractivity contribution is -0.115. The number of hydrogen-bond acceptors (Lipinski definition) is 5. The van der Waals surface area contributed by atoms with Crippen LogP contribution in [-0.2, 0) is 10.5 Å². The highest BCUT2D eigenvalue weighted by Gasteiger charge is 2.12. The Labute approximate surface area is 122 Å². The zero-order chi connectivity index (χ0) is 14.5. The Morgan fingerprint density at radius 3 is 2.70 bits per heavy atom. The molecule has 1 aromatic heterocycles. The van der Waals surface area contributed by atoms with E-state index in [1.165, 1.54) is 41.3 Å². The summed E-state index contributed by atoms with van der Waals surface area (Å²) in [6.45, 7) is 1.73. The third-order valence-corrected chi connectivity index (χ3v) is 4.37. The van der Waals surface area contributed by atoms with Gasteiger partial charge in [0.2, 0.25) is 11.0 Å². The van der Waals surface area contributed by atoms with Crippen LogP contribution in [0.5, 0.6) is 0 Å². The first-order chi connectivity index (χ1) is 9.60. The van der Waals surface area contributed by atoms with E-state index in [1.807, 2.05) is 0 Å². The lowest BCUT2D eigenvalue weighted by Crippen LogP contribution is -2.08. The highest BCUT2D eigenvalue weighted by atomic mass is 32.2. The van der Waals surface area contributed by atoms with Crippen molar-refractivity contribution < 1.29 is 13.6 Å². The Morgan fingerprint density at radius 1 is 1.35 bits per heavy atom. The lowest BCUT2D eigenvalue weighted by Gasteiger charge is -2.02. The number of amides is 1. The van der Waals surface area contributed by atoms with E-state index in [4.69, 9.17) is 0 Å². The average molecular weight is 315 g/mol. The molecule has 0 spiro atoms. The summed E-state index contributed by atoms with van der Waals surface area (Å²) in [4.78, 5) is 11.2. The molecule has 0 saturated heterocycles. The van der Waals surface area contributed by atoms with Crippen molar-refractivity contribution in [2.45, 2.75) is 23.4 Å². The van der Waals surface area contributed by atoms with Gasteiger partial charge < -0.3 is 5.32 Å². The van der Waals surface area contributed by atoms with E-state index in [-0.39, 0.29) is 17.2 Å². The van der Waals surface area contributed by atoms with E-state index in [0.29, 0.717) is 15.9 Å². The van der Waals surface area contributed by atoms with E-state index in [1.54, 1.807) is 6.92 Å². The lowest BCUT2D eigenvalue weighted by atomic mass is 10.2. The molecule has 20 heavy (non-hydrogen) atoms. The minimum atomic E-state index is -0.582. The van der Waals surface area contributed by atoms with Crippen LogP contribution in [0.4, 0.5) is 13.9 Å². The molecule has 0 atom stereocenters. The summed E-state index contributed by atoms with van der Waals surface area (Å²) >= 11 is 2.34. The Balaban J connectivity index is 1.99. The van der Waals surface area contributed by atoms with Crippen molar-refractivity contribution >= 4 is 34.1 Å². The first-order valence-electron chi connectivity index (χ1n) is 5.79. The molecule has 8 heteroatoms. The van der Waals surface area contributed by atoms with Gasteiger partial charge >= 0.3 is 0 Å². The van der Waals surface area contributed by atoms with Gasteiger partial charge in [0.05, 0.1) is 0 Å². The number of rotatable bonds is 5. The normalized spacial score (nSPS) is 10.6. The fourth-order valence-electron chi connectivity index (χ4n) is 1.33. The summed E-state index contributed by atoms with van der Waals surface area (Å²) in [5.74, 6) is -1.20. The van der Waals surface area contributed by atoms with Crippen molar-refractivity contribution in [3.05, 3.63) is 35.4 Å². The summed E-state index contributed by atoms with van der Waals surface area (Å²) in [6.07, 6.45) is 0.350. The highest BCUT2D eigenvalue weighted by Crippen LogP contribution is 2.29. The molecule has 0 aliphatic rings. The maximum atomic E-state index is 13.4. The van der Waals surface area contributed by atoms with Gasteiger partial charge in [-0.2, -0.15) is 0 Å². The molecule has 106 valence electrons. The standard InChI is InChI=1S/C12H11F2N3OS2/c1-2-10(18)15-11-16-17-12(20-11)19-6-7-8(13)4-3-5-9(7)14/h3-5H,2,6H2,1H3,(H,15,16,18). The van der Waals surface area contributed by atoms with Crippen LogP contribution in [0.15, 0.2) is 22.5 Å². The first kappa shape index (κ1) is 14.9. The van der Waals surface area contributed by atoms with Gasteiger partial charge in [0.25, 0.3) is 0 Å². The van der Waals surface area contributed by atoms with Crippen molar-refractivity contribution in [1.29, 1.82) is 0 Å². The summed E-state index contributed by atoms with van der Waals surface area (Å²) in [5, 5.41) is 10.6. The molecule has 0 bridgehead atoms. The van der Waals surface area contributed by atoms with Gasteiger partial charge in [0.15, 0.2) is 4.34 Å². The molecule has 0 aliphatic heterocycles. The Kier molecular flexibility index (Phi) is 5.02. The number of anilines is 1. The smallest absolute Gasteiger partial charge is 0.225 e. The maximum absolute atomic E-state index is 13.4. The van der Waals surface area contributed by atoms with E-state index in [2.05, 4.69) is 15.5 Å². The van der Waals surface area contributed by atoms with Crippen LogP contribution in [0.1, 0.15) is 18.9 Å². The Bertz CT molecular complexity index is 598. The fourth-order valence-corrected chi connectivity index (χ4v) is 3.12. The third-order valence-electron chi connectivity index (χ3n) is 2.38. The zero-order valence-electron chi connectivity index (χ0n) is 10.5. The van der Waals surface area contributed by atoms with Gasteiger partial charge in [0, 0.05) is 17.7 Å². The number of nitrogens with zero attached hydrogens (tertiary/aromatic N) is 2. The number of hydrogen-bond donors (Lipinski definition) is 1. The van der Waals surface area contributed by atoms with Crippen molar-refractivity contribution in [3.8, 4) is 0 Å². The van der Waals surface area contributed by atoms with Gasteiger partial charge in [-0.25, -0.2) is 8.78 Å². The number of benzene rings is 1. The van der Waals surface area contributed by atoms with Crippen molar-refractivity contribution in [2.24, 2.45) is 0 Å². The highest BCUT2D eigenvalue weighted by molar-refractivity contribution is 8.00. The Morgan fingerprint density at radius 2 is 2.05 bits per heavy atom. The third kappa shape index (κ3) is 3.73. The molecule has 0 aliphatic carbocycles. The predicted octanol–water partition coefficient (Wildman–Crippen LogP) is 3.46. The molecular formula is C12H11F2N3OS2. The summed E-state index contributed by atoms with van der Waals surface area (Å²) in [7, 11) is 0. The molecular weight excluding hydrogens is 304 g/mol. The number of halogens is 2. The average Bonchev–Trinajstić information content (AvgIpc) is 2.85. The van der Waals surface area contributed by atoms with Crippen LogP contribution >= 0.6 is 23.1 Å². The van der Waals surface area contributed by atoms with Crippen LogP contribution < -0.4 is 5.32 Å². The SMILES string of the molecule is CCC(=O)Nc1nnc(SCc2c(F)cccc2F)s1. The summed E-state index contributed by atoms with van der Waals surface area (Å²) < 4.78 is 27.4. The van der Waals surface area contributed by atoms with Crippen LogP contribution in [0, 0.1) is 11.6 Å². The van der Waals surface area contributed by atoms with Crippen molar-refractivity contribution in [2.75, 3.05) is 5.32 Å². The number of carbonyl (C=O) groups is 1. The second kappa shape index (κ2) is 6.76. The largest absolute Gasteiger partial charge is 0.301 e. The van der Waals surface area contributed by atoms with Gasteiger partial charge in [-0.15, -0.1) is 10.2 Å². The van der Waals surface area contributed by atoms with Gasteiger partial charge in [-0.3, -0.25) is 4.79 Å². The minimum absolute atomic E-state index is 0.00634. The molecule has 0 fully saturated rings. The summed E-state index contributed by atoms with van der Waals surface area (Å²) in [6, 6.07) is 3.75. The van der Waals surface area contributed by atoms with Gasteiger partial charge in [-0.05, 0) is 12.1 Å².